The number of benzene rings is 2. The first-order valence-electron chi connectivity index (χ1n) is 6.46. The molecular formula is C16H9N3O2. The summed E-state index contributed by atoms with van der Waals surface area (Å²) in [7, 11) is 0. The average Bonchev–Trinajstić information content (AvgIpc) is 3.05. The lowest BCUT2D eigenvalue weighted by Gasteiger charge is -2.03. The molecule has 2 heterocycles. The van der Waals surface area contributed by atoms with Gasteiger partial charge in [0.15, 0.2) is 5.58 Å². The third-order valence-corrected chi connectivity index (χ3v) is 3.57. The van der Waals surface area contributed by atoms with E-state index in [-0.39, 0.29) is 5.91 Å². The summed E-state index contributed by atoms with van der Waals surface area (Å²) in [5.74, 6) is -0.449. The highest BCUT2D eigenvalue weighted by Gasteiger charge is 2.36. The van der Waals surface area contributed by atoms with Crippen LogP contribution in [-0.4, -0.2) is 10.9 Å². The van der Waals surface area contributed by atoms with Gasteiger partial charge in [-0.3, -0.25) is 4.79 Å². The molecule has 1 aromatic heterocycles. The lowest BCUT2D eigenvalue weighted by Crippen LogP contribution is -2.13. The van der Waals surface area contributed by atoms with Gasteiger partial charge in [0.05, 0.1) is 11.6 Å². The fourth-order valence-electron chi connectivity index (χ4n) is 2.59. The van der Waals surface area contributed by atoms with Crippen LogP contribution in [0.4, 0.5) is 5.69 Å². The number of aromatic nitrogens is 1. The normalized spacial score (nSPS) is 16.5. The highest BCUT2D eigenvalue weighted by molar-refractivity contribution is 6.04. The Bertz CT molecular complexity index is 888. The molecule has 1 aliphatic rings. The van der Waals surface area contributed by atoms with E-state index in [0.717, 1.165) is 5.56 Å². The number of carbonyl (C=O) groups is 1. The van der Waals surface area contributed by atoms with E-state index in [9.17, 15) is 4.79 Å². The largest absolute Gasteiger partial charge is 0.439 e. The van der Waals surface area contributed by atoms with E-state index >= 15 is 0 Å². The zero-order chi connectivity index (χ0) is 14.4. The second-order valence-electron chi connectivity index (χ2n) is 4.86. The van der Waals surface area contributed by atoms with Crippen molar-refractivity contribution in [3.63, 3.8) is 0 Å². The molecule has 1 amide bonds. The summed E-state index contributed by atoms with van der Waals surface area (Å²) < 4.78 is 5.70. The average molecular weight is 275 g/mol. The van der Waals surface area contributed by atoms with Crippen molar-refractivity contribution in [2.24, 2.45) is 0 Å². The van der Waals surface area contributed by atoms with Crippen LogP contribution in [-0.2, 0) is 4.79 Å². The van der Waals surface area contributed by atoms with Crippen molar-refractivity contribution >= 4 is 22.7 Å². The molecule has 4 rings (SSSR count). The van der Waals surface area contributed by atoms with Crippen molar-refractivity contribution < 1.29 is 9.21 Å². The van der Waals surface area contributed by atoms with E-state index in [4.69, 9.17) is 9.68 Å². The fraction of sp³-hybridized carbons (Fsp3) is 0.0625. The molecule has 1 atom stereocenters. The Balaban J connectivity index is 1.89. The molecule has 2 aromatic carbocycles. The second-order valence-corrected chi connectivity index (χ2v) is 4.86. The Hall–Kier alpha value is -3.13. The van der Waals surface area contributed by atoms with Gasteiger partial charge < -0.3 is 9.73 Å². The number of nitriles is 1. The van der Waals surface area contributed by atoms with E-state index < -0.39 is 5.92 Å². The molecule has 0 bridgehead atoms. The standard InChI is InChI=1S/C16H9N3O2/c17-8-9-5-6-11-10(7-9)14(15(20)18-11)16-19-12-3-1-2-4-13(12)21-16/h1-7,14H,(H,18,20). The topological polar surface area (TPSA) is 78.9 Å². The Kier molecular flexibility index (Phi) is 2.33. The number of oxazole rings is 1. The summed E-state index contributed by atoms with van der Waals surface area (Å²) in [5.41, 5.74) is 3.29. The zero-order valence-electron chi connectivity index (χ0n) is 10.8. The van der Waals surface area contributed by atoms with E-state index in [2.05, 4.69) is 16.4 Å². The van der Waals surface area contributed by atoms with Gasteiger partial charge in [0, 0.05) is 5.69 Å². The van der Waals surface area contributed by atoms with Crippen molar-refractivity contribution in [1.82, 2.24) is 4.98 Å². The van der Waals surface area contributed by atoms with E-state index in [0.29, 0.717) is 28.2 Å². The van der Waals surface area contributed by atoms with E-state index in [1.807, 2.05) is 24.3 Å². The summed E-state index contributed by atoms with van der Waals surface area (Å²) in [4.78, 5) is 16.6. The van der Waals surface area contributed by atoms with Gasteiger partial charge in [-0.15, -0.1) is 0 Å². The minimum Gasteiger partial charge on any atom is -0.439 e. The Morgan fingerprint density at radius 2 is 2.10 bits per heavy atom. The Labute approximate surface area is 119 Å². The maximum Gasteiger partial charge on any atom is 0.241 e. The molecule has 0 aliphatic carbocycles. The molecule has 21 heavy (non-hydrogen) atoms. The van der Waals surface area contributed by atoms with Crippen LogP contribution in [0.2, 0.25) is 0 Å². The van der Waals surface area contributed by atoms with Gasteiger partial charge >= 0.3 is 0 Å². The molecule has 1 N–H and O–H groups in total. The van der Waals surface area contributed by atoms with Gasteiger partial charge in [-0.25, -0.2) is 4.98 Å². The monoisotopic (exact) mass is 275 g/mol. The number of fused-ring (bicyclic) bond motifs is 2. The number of para-hydroxylation sites is 2. The zero-order valence-corrected chi connectivity index (χ0v) is 10.8. The number of rotatable bonds is 1. The van der Waals surface area contributed by atoms with Crippen LogP contribution in [0.25, 0.3) is 11.1 Å². The van der Waals surface area contributed by atoms with Gasteiger partial charge in [0.1, 0.15) is 11.4 Å². The first-order chi connectivity index (χ1) is 10.3. The summed E-state index contributed by atoms with van der Waals surface area (Å²) >= 11 is 0. The Morgan fingerprint density at radius 3 is 2.90 bits per heavy atom. The molecule has 100 valence electrons. The first-order valence-corrected chi connectivity index (χ1v) is 6.46. The molecule has 0 spiro atoms. The number of nitrogens with zero attached hydrogens (tertiary/aromatic N) is 2. The molecule has 1 unspecified atom stereocenters. The predicted molar refractivity (Wildman–Crippen MR) is 75.6 cm³/mol. The highest BCUT2D eigenvalue weighted by atomic mass is 16.3. The van der Waals surface area contributed by atoms with Crippen LogP contribution in [0.15, 0.2) is 46.9 Å². The number of nitrogens with one attached hydrogen (secondary N) is 1. The molecule has 5 nitrogen and oxygen atoms in total. The molecule has 3 aromatic rings. The molecule has 0 saturated heterocycles. The maximum atomic E-state index is 12.2. The number of carbonyl (C=O) groups excluding carboxylic acids is 1. The van der Waals surface area contributed by atoms with Gasteiger partial charge in [-0.1, -0.05) is 12.1 Å². The minimum absolute atomic E-state index is 0.188. The number of hydrogen-bond donors (Lipinski definition) is 1. The smallest absolute Gasteiger partial charge is 0.241 e. The van der Waals surface area contributed by atoms with Crippen molar-refractivity contribution in [3.8, 4) is 6.07 Å². The van der Waals surface area contributed by atoms with Gasteiger partial charge in [0.25, 0.3) is 0 Å². The van der Waals surface area contributed by atoms with Crippen LogP contribution >= 0.6 is 0 Å². The lowest BCUT2D eigenvalue weighted by atomic mass is 9.99. The maximum absolute atomic E-state index is 12.2. The molecule has 5 heteroatoms. The van der Waals surface area contributed by atoms with Gasteiger partial charge in [-0.05, 0) is 35.9 Å². The summed E-state index contributed by atoms with van der Waals surface area (Å²) in [6, 6.07) is 14.6. The number of hydrogen-bond acceptors (Lipinski definition) is 4. The number of amides is 1. The third-order valence-electron chi connectivity index (χ3n) is 3.57. The molecule has 0 radical (unpaired) electrons. The van der Waals surface area contributed by atoms with E-state index in [1.54, 1.807) is 18.2 Å². The second kappa shape index (κ2) is 4.18. The molecule has 1 aliphatic heterocycles. The van der Waals surface area contributed by atoms with Crippen molar-refractivity contribution in [3.05, 3.63) is 59.5 Å². The first kappa shape index (κ1) is 11.7. The summed E-state index contributed by atoms with van der Waals surface area (Å²) in [5, 5.41) is 11.8. The molecule has 0 fully saturated rings. The van der Waals surface area contributed by atoms with Crippen LogP contribution in [0.5, 0.6) is 0 Å². The summed E-state index contributed by atoms with van der Waals surface area (Å²) in [6.45, 7) is 0. The lowest BCUT2D eigenvalue weighted by molar-refractivity contribution is -0.116. The minimum atomic E-state index is -0.610. The van der Waals surface area contributed by atoms with Crippen LogP contribution in [0.1, 0.15) is 22.9 Å². The van der Waals surface area contributed by atoms with Crippen molar-refractivity contribution in [2.45, 2.75) is 5.92 Å². The van der Waals surface area contributed by atoms with Crippen molar-refractivity contribution in [1.29, 1.82) is 5.26 Å². The molecular weight excluding hydrogens is 266 g/mol. The predicted octanol–water partition coefficient (Wildman–Crippen LogP) is 2.78. The SMILES string of the molecule is N#Cc1ccc2c(c1)C(c1nc3ccccc3o1)C(=O)N2. The number of anilines is 1. The highest BCUT2D eigenvalue weighted by Crippen LogP contribution is 2.38. The van der Waals surface area contributed by atoms with E-state index in [1.165, 1.54) is 0 Å². The van der Waals surface area contributed by atoms with Crippen molar-refractivity contribution in [2.75, 3.05) is 5.32 Å². The molecule has 0 saturated carbocycles. The van der Waals surface area contributed by atoms with Crippen LogP contribution in [0, 0.1) is 11.3 Å². The fourth-order valence-corrected chi connectivity index (χ4v) is 2.59. The Morgan fingerprint density at radius 1 is 1.24 bits per heavy atom. The quantitative estimate of drug-likeness (QED) is 0.740. The third kappa shape index (κ3) is 1.70. The van der Waals surface area contributed by atoms with Gasteiger partial charge in [0.2, 0.25) is 11.8 Å². The summed E-state index contributed by atoms with van der Waals surface area (Å²) in [6.07, 6.45) is 0. The van der Waals surface area contributed by atoms with Crippen LogP contribution in [0.3, 0.4) is 0 Å². The van der Waals surface area contributed by atoms with Crippen LogP contribution < -0.4 is 5.32 Å². The van der Waals surface area contributed by atoms with Gasteiger partial charge in [-0.2, -0.15) is 5.26 Å².